The molecule has 0 saturated carbocycles. The predicted octanol–water partition coefficient (Wildman–Crippen LogP) is -1.08. The van der Waals surface area contributed by atoms with Crippen molar-refractivity contribution in [3.8, 4) is 0 Å². The molecule has 0 aromatic carbocycles. The molecule has 1 aliphatic heterocycles. The highest BCUT2D eigenvalue weighted by atomic mass is 16.4. The molecule has 0 saturated heterocycles. The van der Waals surface area contributed by atoms with Crippen molar-refractivity contribution in [2.45, 2.75) is 6.42 Å². The van der Waals surface area contributed by atoms with E-state index in [-0.39, 0.29) is 0 Å². The lowest BCUT2D eigenvalue weighted by Crippen LogP contribution is -2.30. The summed E-state index contributed by atoms with van der Waals surface area (Å²) in [5, 5.41) is 20.3. The van der Waals surface area contributed by atoms with E-state index >= 15 is 0 Å². The molecule has 0 aromatic rings. The zero-order valence-corrected chi connectivity index (χ0v) is 5.17. The standard InChI is InChI=1S/C5H10BNO2/c8-6(9)5-2-1-3-7-4-5/h2,7-9H,1,3-4H2. The normalized spacial score (nSPS) is 19.1. The second-order valence-electron chi connectivity index (χ2n) is 2.12. The molecular formula is C5H10BNO2. The first-order chi connectivity index (χ1) is 4.30. The maximum Gasteiger partial charge on any atom is 0.485 e. The van der Waals surface area contributed by atoms with E-state index in [0.29, 0.717) is 12.0 Å². The van der Waals surface area contributed by atoms with Crippen LogP contribution < -0.4 is 5.32 Å². The quantitative estimate of drug-likeness (QED) is 0.392. The van der Waals surface area contributed by atoms with E-state index in [1.165, 1.54) is 0 Å². The summed E-state index contributed by atoms with van der Waals surface area (Å²) in [6.07, 6.45) is 2.76. The molecule has 9 heavy (non-hydrogen) atoms. The molecule has 0 bridgehead atoms. The average Bonchev–Trinajstić information content (AvgIpc) is 1.90. The van der Waals surface area contributed by atoms with Crippen LogP contribution in [0.15, 0.2) is 11.5 Å². The van der Waals surface area contributed by atoms with Crippen LogP contribution in [0.1, 0.15) is 6.42 Å². The van der Waals surface area contributed by atoms with Gasteiger partial charge in [0.15, 0.2) is 0 Å². The van der Waals surface area contributed by atoms with Gasteiger partial charge in [0.2, 0.25) is 0 Å². The summed E-state index contributed by atoms with van der Waals surface area (Å²) in [5.41, 5.74) is 0.682. The van der Waals surface area contributed by atoms with Gasteiger partial charge < -0.3 is 15.4 Å². The van der Waals surface area contributed by atoms with Crippen LogP contribution in [0.2, 0.25) is 0 Å². The van der Waals surface area contributed by atoms with Crippen LogP contribution in [-0.4, -0.2) is 30.3 Å². The summed E-state index contributed by atoms with van der Waals surface area (Å²) in [4.78, 5) is 0. The third-order valence-corrected chi connectivity index (χ3v) is 1.39. The van der Waals surface area contributed by atoms with E-state index in [9.17, 15) is 0 Å². The van der Waals surface area contributed by atoms with Gasteiger partial charge >= 0.3 is 7.12 Å². The van der Waals surface area contributed by atoms with Crippen LogP contribution in [0.25, 0.3) is 0 Å². The molecule has 0 unspecified atom stereocenters. The smallest absolute Gasteiger partial charge is 0.423 e. The van der Waals surface area contributed by atoms with E-state index < -0.39 is 7.12 Å². The molecule has 0 aliphatic carbocycles. The summed E-state index contributed by atoms with van der Waals surface area (Å²) >= 11 is 0. The highest BCUT2D eigenvalue weighted by Crippen LogP contribution is 2.00. The van der Waals surface area contributed by atoms with Crippen LogP contribution in [0.3, 0.4) is 0 Å². The van der Waals surface area contributed by atoms with Gasteiger partial charge in [0.05, 0.1) is 0 Å². The molecule has 1 heterocycles. The van der Waals surface area contributed by atoms with Crippen molar-refractivity contribution in [2.24, 2.45) is 0 Å². The predicted molar refractivity (Wildman–Crippen MR) is 35.8 cm³/mol. The van der Waals surface area contributed by atoms with E-state index in [1.807, 2.05) is 6.08 Å². The Kier molecular flexibility index (Phi) is 2.27. The van der Waals surface area contributed by atoms with Gasteiger partial charge in [0.25, 0.3) is 0 Å². The van der Waals surface area contributed by atoms with Gasteiger partial charge in [-0.15, -0.1) is 0 Å². The molecule has 1 aliphatic rings. The number of nitrogens with one attached hydrogen (secondary N) is 1. The molecular weight excluding hydrogens is 117 g/mol. The lowest BCUT2D eigenvalue weighted by Gasteiger charge is -2.12. The SMILES string of the molecule is OB(O)C1=CCCNC1. The Morgan fingerprint density at radius 2 is 2.33 bits per heavy atom. The van der Waals surface area contributed by atoms with Crippen molar-refractivity contribution in [2.75, 3.05) is 13.1 Å². The first kappa shape index (κ1) is 6.80. The monoisotopic (exact) mass is 127 g/mol. The fourth-order valence-electron chi connectivity index (χ4n) is 0.861. The largest absolute Gasteiger partial charge is 0.485 e. The van der Waals surface area contributed by atoms with E-state index in [0.717, 1.165) is 13.0 Å². The summed E-state index contributed by atoms with van der Waals surface area (Å²) < 4.78 is 0. The van der Waals surface area contributed by atoms with Gasteiger partial charge in [0, 0.05) is 6.54 Å². The maximum absolute atomic E-state index is 8.62. The third-order valence-electron chi connectivity index (χ3n) is 1.39. The second kappa shape index (κ2) is 3.01. The Labute approximate surface area is 54.5 Å². The summed E-state index contributed by atoms with van der Waals surface area (Å²) in [7, 11) is -1.27. The first-order valence-corrected chi connectivity index (χ1v) is 3.06. The van der Waals surface area contributed by atoms with Crippen LogP contribution in [-0.2, 0) is 0 Å². The Balaban J connectivity index is 2.46. The minimum atomic E-state index is -1.27. The molecule has 0 spiro atoms. The van der Waals surface area contributed by atoms with Crippen LogP contribution in [0, 0.1) is 0 Å². The minimum Gasteiger partial charge on any atom is -0.423 e. The summed E-state index contributed by atoms with van der Waals surface area (Å²) in [6, 6.07) is 0. The highest BCUT2D eigenvalue weighted by molar-refractivity contribution is 6.50. The molecule has 0 amide bonds. The Hall–Kier alpha value is -0.315. The van der Waals surface area contributed by atoms with Crippen molar-refractivity contribution >= 4 is 7.12 Å². The molecule has 1 rings (SSSR count). The topological polar surface area (TPSA) is 52.5 Å². The average molecular weight is 127 g/mol. The van der Waals surface area contributed by atoms with Gasteiger partial charge in [-0.05, 0) is 18.4 Å². The number of hydrogen-bond donors (Lipinski definition) is 3. The molecule has 0 radical (unpaired) electrons. The van der Waals surface area contributed by atoms with Gasteiger partial charge in [-0.2, -0.15) is 0 Å². The van der Waals surface area contributed by atoms with Crippen molar-refractivity contribution in [3.05, 3.63) is 11.5 Å². The molecule has 3 nitrogen and oxygen atoms in total. The van der Waals surface area contributed by atoms with E-state index in [1.54, 1.807) is 0 Å². The van der Waals surface area contributed by atoms with Crippen LogP contribution >= 0.6 is 0 Å². The molecule has 0 aromatic heterocycles. The lowest BCUT2D eigenvalue weighted by molar-refractivity contribution is 0.415. The number of hydrogen-bond acceptors (Lipinski definition) is 3. The molecule has 0 atom stereocenters. The van der Waals surface area contributed by atoms with Crippen LogP contribution in [0.5, 0.6) is 0 Å². The van der Waals surface area contributed by atoms with Crippen molar-refractivity contribution in [3.63, 3.8) is 0 Å². The van der Waals surface area contributed by atoms with Gasteiger partial charge in [-0.3, -0.25) is 0 Å². The van der Waals surface area contributed by atoms with Crippen LogP contribution in [0.4, 0.5) is 0 Å². The van der Waals surface area contributed by atoms with E-state index in [2.05, 4.69) is 5.32 Å². The fraction of sp³-hybridized carbons (Fsp3) is 0.600. The highest BCUT2D eigenvalue weighted by Gasteiger charge is 2.15. The lowest BCUT2D eigenvalue weighted by atomic mass is 9.78. The fourth-order valence-corrected chi connectivity index (χ4v) is 0.861. The van der Waals surface area contributed by atoms with Gasteiger partial charge in [-0.25, -0.2) is 0 Å². The summed E-state index contributed by atoms with van der Waals surface area (Å²) in [5.74, 6) is 0. The first-order valence-electron chi connectivity index (χ1n) is 3.06. The third kappa shape index (κ3) is 1.82. The van der Waals surface area contributed by atoms with Crippen molar-refractivity contribution in [1.29, 1.82) is 0 Å². The Morgan fingerprint density at radius 1 is 1.56 bits per heavy atom. The maximum atomic E-state index is 8.62. The molecule has 50 valence electrons. The van der Waals surface area contributed by atoms with Crippen molar-refractivity contribution in [1.82, 2.24) is 5.32 Å². The minimum absolute atomic E-state index is 0.609. The van der Waals surface area contributed by atoms with Gasteiger partial charge in [-0.1, -0.05) is 6.08 Å². The zero-order chi connectivity index (χ0) is 6.69. The number of rotatable bonds is 1. The zero-order valence-electron chi connectivity index (χ0n) is 5.17. The summed E-state index contributed by atoms with van der Waals surface area (Å²) in [6.45, 7) is 1.55. The molecule has 4 heteroatoms. The second-order valence-corrected chi connectivity index (χ2v) is 2.12. The van der Waals surface area contributed by atoms with E-state index in [4.69, 9.17) is 10.0 Å². The van der Waals surface area contributed by atoms with Gasteiger partial charge in [0.1, 0.15) is 0 Å². The Morgan fingerprint density at radius 3 is 2.67 bits per heavy atom. The Bertz CT molecular complexity index is 124. The molecule has 3 N–H and O–H groups in total. The molecule has 0 fully saturated rings. The van der Waals surface area contributed by atoms with Crippen molar-refractivity contribution < 1.29 is 10.0 Å².